The normalized spacial score (nSPS) is 10.9. The predicted octanol–water partition coefficient (Wildman–Crippen LogP) is 3.97. The van der Waals surface area contributed by atoms with Gasteiger partial charge in [0.15, 0.2) is 0 Å². The van der Waals surface area contributed by atoms with Crippen molar-refractivity contribution >= 4 is 5.97 Å². The molecule has 0 fully saturated rings. The van der Waals surface area contributed by atoms with E-state index in [2.05, 4.69) is 25.7 Å². The summed E-state index contributed by atoms with van der Waals surface area (Å²) in [6, 6.07) is 0. The number of esters is 1. The van der Waals surface area contributed by atoms with Crippen molar-refractivity contribution in [2.75, 3.05) is 19.8 Å². The van der Waals surface area contributed by atoms with E-state index < -0.39 is 0 Å². The van der Waals surface area contributed by atoms with E-state index in [1.54, 1.807) is 0 Å². The van der Waals surface area contributed by atoms with Gasteiger partial charge in [-0.1, -0.05) is 59.3 Å². The van der Waals surface area contributed by atoms with Crippen molar-refractivity contribution in [3.05, 3.63) is 0 Å². The van der Waals surface area contributed by atoms with Gasteiger partial charge >= 0.3 is 5.97 Å². The Bertz CT molecular complexity index is 191. The number of carbonyl (C=O) groups excluding carboxylic acids is 1. The fraction of sp³-hybridized carbons (Fsp3) is 0.933. The number of hydrogen-bond donors (Lipinski definition) is 0. The van der Waals surface area contributed by atoms with Gasteiger partial charge in [-0.05, 0) is 19.5 Å². The molecule has 3 nitrogen and oxygen atoms in total. The molecular weight excluding hydrogens is 226 g/mol. The van der Waals surface area contributed by atoms with E-state index in [0.29, 0.717) is 13.2 Å². The summed E-state index contributed by atoms with van der Waals surface area (Å²) in [4.78, 5) is 13.6. The topological polar surface area (TPSA) is 29.5 Å². The lowest BCUT2D eigenvalue weighted by Gasteiger charge is -2.17. The minimum absolute atomic E-state index is 0.0459. The smallest absolute Gasteiger partial charge is 0.307 e. The number of unbranched alkanes of at least 4 members (excludes halogenated alkanes) is 6. The second kappa shape index (κ2) is 12.9. The van der Waals surface area contributed by atoms with Gasteiger partial charge in [-0.3, -0.25) is 9.69 Å². The lowest BCUT2D eigenvalue weighted by Crippen LogP contribution is -2.27. The van der Waals surface area contributed by atoms with Crippen molar-refractivity contribution in [2.45, 2.75) is 72.1 Å². The molecule has 0 amide bonds. The molecule has 18 heavy (non-hydrogen) atoms. The maximum absolute atomic E-state index is 11.5. The summed E-state index contributed by atoms with van der Waals surface area (Å²) in [7, 11) is 0. The molecule has 0 rings (SSSR count). The van der Waals surface area contributed by atoms with E-state index in [1.807, 2.05) is 0 Å². The molecule has 3 heteroatoms. The molecule has 0 aliphatic carbocycles. The summed E-state index contributed by atoms with van der Waals surface area (Å²) in [5.74, 6) is -0.0459. The van der Waals surface area contributed by atoms with Gasteiger partial charge in [-0.2, -0.15) is 0 Å². The van der Waals surface area contributed by atoms with E-state index in [-0.39, 0.29) is 5.97 Å². The summed E-state index contributed by atoms with van der Waals surface area (Å²) in [6.07, 6.45) is 9.24. The molecule has 0 heterocycles. The molecule has 0 N–H and O–H groups in total. The summed E-state index contributed by atoms with van der Waals surface area (Å²) >= 11 is 0. The van der Waals surface area contributed by atoms with Gasteiger partial charge in [-0.25, -0.2) is 0 Å². The zero-order valence-corrected chi connectivity index (χ0v) is 12.5. The number of hydrogen-bond acceptors (Lipinski definition) is 3. The summed E-state index contributed by atoms with van der Waals surface area (Å²) in [6.45, 7) is 8.69. The van der Waals surface area contributed by atoms with Crippen LogP contribution in [0.4, 0.5) is 0 Å². The van der Waals surface area contributed by atoms with Crippen molar-refractivity contribution < 1.29 is 9.53 Å². The first-order valence-electron chi connectivity index (χ1n) is 7.62. The van der Waals surface area contributed by atoms with Crippen molar-refractivity contribution in [3.63, 3.8) is 0 Å². The second-order valence-corrected chi connectivity index (χ2v) is 4.82. The monoisotopic (exact) mass is 257 g/mol. The SMILES string of the molecule is CCCCCCCCCC(=O)OCN(CC)CC. The quantitative estimate of drug-likeness (QED) is 0.301. The minimum Gasteiger partial charge on any atom is -0.449 e. The molecule has 0 saturated carbocycles. The molecular formula is C15H31NO2. The van der Waals surface area contributed by atoms with Crippen molar-refractivity contribution in [2.24, 2.45) is 0 Å². The van der Waals surface area contributed by atoms with Crippen molar-refractivity contribution in [1.29, 1.82) is 0 Å². The third-order valence-electron chi connectivity index (χ3n) is 3.29. The zero-order valence-electron chi connectivity index (χ0n) is 12.5. The highest BCUT2D eigenvalue weighted by atomic mass is 16.5. The van der Waals surface area contributed by atoms with Gasteiger partial charge in [0.2, 0.25) is 0 Å². The average Bonchev–Trinajstić information content (AvgIpc) is 2.39. The Morgan fingerprint density at radius 1 is 0.889 bits per heavy atom. The van der Waals surface area contributed by atoms with Crippen molar-refractivity contribution in [1.82, 2.24) is 4.90 Å². The van der Waals surface area contributed by atoms with Crippen LogP contribution in [0.15, 0.2) is 0 Å². The van der Waals surface area contributed by atoms with Crippen LogP contribution >= 0.6 is 0 Å². The van der Waals surface area contributed by atoms with E-state index in [4.69, 9.17) is 4.74 Å². The fourth-order valence-corrected chi connectivity index (χ4v) is 1.87. The maximum Gasteiger partial charge on any atom is 0.307 e. The van der Waals surface area contributed by atoms with Crippen LogP contribution in [0.3, 0.4) is 0 Å². The van der Waals surface area contributed by atoms with Gasteiger partial charge in [0.05, 0.1) is 0 Å². The lowest BCUT2D eigenvalue weighted by molar-refractivity contribution is -0.148. The Balaban J connectivity index is 3.31. The maximum atomic E-state index is 11.5. The van der Waals surface area contributed by atoms with Gasteiger partial charge < -0.3 is 4.74 Å². The summed E-state index contributed by atoms with van der Waals surface area (Å²) in [5, 5.41) is 0. The van der Waals surface area contributed by atoms with Crippen LogP contribution in [0.1, 0.15) is 72.1 Å². The number of nitrogens with zero attached hydrogens (tertiary/aromatic N) is 1. The molecule has 0 atom stereocenters. The molecule has 0 aromatic carbocycles. The molecule has 0 unspecified atom stereocenters. The second-order valence-electron chi connectivity index (χ2n) is 4.82. The van der Waals surface area contributed by atoms with Crippen LogP contribution in [0.25, 0.3) is 0 Å². The third-order valence-corrected chi connectivity index (χ3v) is 3.29. The van der Waals surface area contributed by atoms with Crippen LogP contribution in [0, 0.1) is 0 Å². The number of rotatable bonds is 12. The summed E-state index contributed by atoms with van der Waals surface area (Å²) < 4.78 is 5.22. The first kappa shape index (κ1) is 17.4. The highest BCUT2D eigenvalue weighted by Crippen LogP contribution is 2.08. The first-order valence-corrected chi connectivity index (χ1v) is 7.62. The van der Waals surface area contributed by atoms with Crippen molar-refractivity contribution in [3.8, 4) is 0 Å². The Hall–Kier alpha value is -0.570. The van der Waals surface area contributed by atoms with Gasteiger partial charge in [0, 0.05) is 6.42 Å². The lowest BCUT2D eigenvalue weighted by atomic mass is 10.1. The highest BCUT2D eigenvalue weighted by Gasteiger charge is 2.05. The van der Waals surface area contributed by atoms with E-state index >= 15 is 0 Å². The minimum atomic E-state index is -0.0459. The average molecular weight is 257 g/mol. The molecule has 0 aromatic heterocycles. The predicted molar refractivity (Wildman–Crippen MR) is 76.5 cm³/mol. The Morgan fingerprint density at radius 2 is 1.44 bits per heavy atom. The standard InChI is InChI=1S/C15H31NO2/c1-4-7-8-9-10-11-12-13-15(17)18-14-16(5-2)6-3/h4-14H2,1-3H3. The fourth-order valence-electron chi connectivity index (χ4n) is 1.87. The van der Waals surface area contributed by atoms with E-state index in [0.717, 1.165) is 25.9 Å². The Morgan fingerprint density at radius 3 is 2.00 bits per heavy atom. The Labute approximate surface area is 113 Å². The molecule has 0 aliphatic rings. The van der Waals surface area contributed by atoms with E-state index in [1.165, 1.54) is 32.1 Å². The molecule has 0 spiro atoms. The van der Waals surface area contributed by atoms with Crippen LogP contribution in [0.2, 0.25) is 0 Å². The summed E-state index contributed by atoms with van der Waals surface area (Å²) in [5.41, 5.74) is 0. The van der Waals surface area contributed by atoms with Gasteiger partial charge in [0.1, 0.15) is 6.73 Å². The van der Waals surface area contributed by atoms with Crippen LogP contribution in [0.5, 0.6) is 0 Å². The first-order chi connectivity index (χ1) is 8.74. The third kappa shape index (κ3) is 10.6. The molecule has 0 bridgehead atoms. The van der Waals surface area contributed by atoms with Gasteiger partial charge in [-0.15, -0.1) is 0 Å². The number of carbonyl (C=O) groups is 1. The molecule has 108 valence electrons. The van der Waals surface area contributed by atoms with Crippen LogP contribution in [-0.2, 0) is 9.53 Å². The largest absolute Gasteiger partial charge is 0.449 e. The molecule has 0 radical (unpaired) electrons. The molecule has 0 aliphatic heterocycles. The van der Waals surface area contributed by atoms with Gasteiger partial charge in [0.25, 0.3) is 0 Å². The zero-order chi connectivity index (χ0) is 13.6. The van der Waals surface area contributed by atoms with Crippen LogP contribution in [-0.4, -0.2) is 30.7 Å². The molecule has 0 saturated heterocycles. The van der Waals surface area contributed by atoms with E-state index in [9.17, 15) is 4.79 Å². The van der Waals surface area contributed by atoms with Crippen LogP contribution < -0.4 is 0 Å². The highest BCUT2D eigenvalue weighted by molar-refractivity contribution is 5.69. The Kier molecular flexibility index (Phi) is 12.5. The number of ether oxygens (including phenoxy) is 1. The molecule has 0 aromatic rings.